The molecule has 0 aromatic heterocycles. The van der Waals surface area contributed by atoms with E-state index in [4.69, 9.17) is 11.6 Å². The van der Waals surface area contributed by atoms with Gasteiger partial charge in [-0.15, -0.1) is 0 Å². The van der Waals surface area contributed by atoms with Gasteiger partial charge in [0.25, 0.3) is 5.91 Å². The first-order chi connectivity index (χ1) is 11.1. The summed E-state index contributed by atoms with van der Waals surface area (Å²) in [5, 5.41) is 9.06. The lowest BCUT2D eigenvalue weighted by Crippen LogP contribution is -2.24. The van der Waals surface area contributed by atoms with Crippen molar-refractivity contribution >= 4 is 34.8 Å². The SMILES string of the molecule is CCNC(=O)c1cccc(NC(=O)CNc2cccc(Cl)c2)c1. The van der Waals surface area contributed by atoms with Gasteiger partial charge in [0.1, 0.15) is 0 Å². The average Bonchev–Trinajstić information content (AvgIpc) is 2.53. The average molecular weight is 332 g/mol. The fourth-order valence-corrected chi connectivity index (χ4v) is 2.18. The molecular weight excluding hydrogens is 314 g/mol. The predicted octanol–water partition coefficient (Wildman–Crippen LogP) is 3.14. The summed E-state index contributed by atoms with van der Waals surface area (Å²) >= 11 is 5.88. The minimum atomic E-state index is -0.210. The molecule has 5 nitrogen and oxygen atoms in total. The zero-order valence-corrected chi connectivity index (χ0v) is 13.5. The van der Waals surface area contributed by atoms with Crippen molar-refractivity contribution < 1.29 is 9.59 Å². The lowest BCUT2D eigenvalue weighted by atomic mass is 10.2. The third-order valence-corrected chi connectivity index (χ3v) is 3.26. The Balaban J connectivity index is 1.92. The van der Waals surface area contributed by atoms with Gasteiger partial charge in [-0.25, -0.2) is 0 Å². The molecule has 2 amide bonds. The number of halogens is 1. The zero-order valence-electron chi connectivity index (χ0n) is 12.7. The van der Waals surface area contributed by atoms with Crippen LogP contribution >= 0.6 is 11.6 Å². The largest absolute Gasteiger partial charge is 0.376 e. The molecule has 23 heavy (non-hydrogen) atoms. The van der Waals surface area contributed by atoms with Gasteiger partial charge in [0.05, 0.1) is 6.54 Å². The van der Waals surface area contributed by atoms with E-state index in [-0.39, 0.29) is 18.4 Å². The van der Waals surface area contributed by atoms with Crippen LogP contribution in [0.25, 0.3) is 0 Å². The molecule has 2 aromatic rings. The molecule has 0 saturated heterocycles. The quantitative estimate of drug-likeness (QED) is 0.761. The third kappa shape index (κ3) is 5.30. The van der Waals surface area contributed by atoms with Crippen molar-refractivity contribution in [2.75, 3.05) is 23.7 Å². The van der Waals surface area contributed by atoms with Gasteiger partial charge in [0.15, 0.2) is 0 Å². The van der Waals surface area contributed by atoms with Gasteiger partial charge in [-0.3, -0.25) is 9.59 Å². The van der Waals surface area contributed by atoms with E-state index in [2.05, 4.69) is 16.0 Å². The molecule has 0 aliphatic rings. The molecule has 0 fully saturated rings. The molecule has 0 radical (unpaired) electrons. The van der Waals surface area contributed by atoms with Crippen molar-refractivity contribution in [1.82, 2.24) is 5.32 Å². The number of benzene rings is 2. The number of rotatable bonds is 6. The molecule has 0 aliphatic heterocycles. The summed E-state index contributed by atoms with van der Waals surface area (Å²) in [5.41, 5.74) is 1.85. The van der Waals surface area contributed by atoms with E-state index >= 15 is 0 Å². The maximum absolute atomic E-state index is 12.0. The van der Waals surface area contributed by atoms with E-state index in [0.717, 1.165) is 5.69 Å². The normalized spacial score (nSPS) is 10.0. The van der Waals surface area contributed by atoms with Crippen molar-refractivity contribution in [2.24, 2.45) is 0 Å². The van der Waals surface area contributed by atoms with E-state index in [9.17, 15) is 9.59 Å². The first kappa shape index (κ1) is 16.8. The zero-order chi connectivity index (χ0) is 16.7. The molecule has 0 saturated carbocycles. The highest BCUT2D eigenvalue weighted by atomic mass is 35.5. The monoisotopic (exact) mass is 331 g/mol. The molecule has 0 atom stereocenters. The number of carbonyl (C=O) groups is 2. The van der Waals surface area contributed by atoms with Crippen LogP contribution in [0, 0.1) is 0 Å². The van der Waals surface area contributed by atoms with Crippen LogP contribution in [-0.4, -0.2) is 24.9 Å². The summed E-state index contributed by atoms with van der Waals surface area (Å²) in [6.45, 7) is 2.51. The van der Waals surface area contributed by atoms with Crippen molar-refractivity contribution in [3.63, 3.8) is 0 Å². The predicted molar refractivity (Wildman–Crippen MR) is 93.0 cm³/mol. The summed E-state index contributed by atoms with van der Waals surface area (Å²) in [7, 11) is 0. The molecule has 2 rings (SSSR count). The smallest absolute Gasteiger partial charge is 0.251 e. The molecule has 0 spiro atoms. The van der Waals surface area contributed by atoms with Crippen LogP contribution in [0.5, 0.6) is 0 Å². The highest BCUT2D eigenvalue weighted by Crippen LogP contribution is 2.15. The Labute approximate surface area is 140 Å². The summed E-state index contributed by atoms with van der Waals surface area (Å²) in [5.74, 6) is -0.376. The molecule has 0 aliphatic carbocycles. The second-order valence-corrected chi connectivity index (χ2v) is 5.29. The third-order valence-electron chi connectivity index (χ3n) is 3.02. The van der Waals surface area contributed by atoms with Crippen LogP contribution in [0.3, 0.4) is 0 Å². The number of anilines is 2. The Morgan fingerprint density at radius 1 is 1.04 bits per heavy atom. The van der Waals surface area contributed by atoms with Gasteiger partial charge >= 0.3 is 0 Å². The lowest BCUT2D eigenvalue weighted by molar-refractivity contribution is -0.114. The second-order valence-electron chi connectivity index (χ2n) is 4.85. The first-order valence-corrected chi connectivity index (χ1v) is 7.64. The van der Waals surface area contributed by atoms with Crippen LogP contribution in [0.2, 0.25) is 5.02 Å². The highest BCUT2D eigenvalue weighted by molar-refractivity contribution is 6.30. The van der Waals surface area contributed by atoms with E-state index in [1.807, 2.05) is 13.0 Å². The van der Waals surface area contributed by atoms with Gasteiger partial charge < -0.3 is 16.0 Å². The van der Waals surface area contributed by atoms with E-state index in [1.54, 1.807) is 42.5 Å². The highest BCUT2D eigenvalue weighted by Gasteiger charge is 2.07. The summed E-state index contributed by atoms with van der Waals surface area (Å²) in [6.07, 6.45) is 0. The molecule has 3 N–H and O–H groups in total. The van der Waals surface area contributed by atoms with Crippen LogP contribution < -0.4 is 16.0 Å². The summed E-state index contributed by atoms with van der Waals surface area (Å²) in [4.78, 5) is 23.7. The van der Waals surface area contributed by atoms with Crippen molar-refractivity contribution in [3.8, 4) is 0 Å². The maximum atomic E-state index is 12.0. The van der Waals surface area contributed by atoms with Crippen molar-refractivity contribution in [2.45, 2.75) is 6.92 Å². The summed E-state index contributed by atoms with van der Waals surface area (Å²) in [6, 6.07) is 13.9. The number of nitrogens with one attached hydrogen (secondary N) is 3. The van der Waals surface area contributed by atoms with Gasteiger partial charge in [0, 0.05) is 28.5 Å². The molecule has 2 aromatic carbocycles. The number of hydrogen-bond acceptors (Lipinski definition) is 3. The van der Waals surface area contributed by atoms with Gasteiger partial charge in [-0.2, -0.15) is 0 Å². The first-order valence-electron chi connectivity index (χ1n) is 7.26. The number of carbonyl (C=O) groups excluding carboxylic acids is 2. The maximum Gasteiger partial charge on any atom is 0.251 e. The minimum Gasteiger partial charge on any atom is -0.376 e. The Hall–Kier alpha value is -2.53. The van der Waals surface area contributed by atoms with Gasteiger partial charge in [-0.1, -0.05) is 23.7 Å². The van der Waals surface area contributed by atoms with Crippen LogP contribution in [0.4, 0.5) is 11.4 Å². The van der Waals surface area contributed by atoms with Crippen LogP contribution in [0.1, 0.15) is 17.3 Å². The lowest BCUT2D eigenvalue weighted by Gasteiger charge is -2.09. The molecule has 0 bridgehead atoms. The minimum absolute atomic E-state index is 0.103. The standard InChI is InChI=1S/C17H18ClN3O2/c1-2-19-17(23)12-5-3-8-15(9-12)21-16(22)11-20-14-7-4-6-13(18)10-14/h3-10,20H,2,11H2,1H3,(H,19,23)(H,21,22). The van der Waals surface area contributed by atoms with Crippen LogP contribution in [-0.2, 0) is 4.79 Å². The van der Waals surface area contributed by atoms with Gasteiger partial charge in [0.2, 0.25) is 5.91 Å². The Morgan fingerprint density at radius 3 is 2.52 bits per heavy atom. The Morgan fingerprint density at radius 2 is 1.78 bits per heavy atom. The Bertz CT molecular complexity index is 704. The van der Waals surface area contributed by atoms with Crippen molar-refractivity contribution in [1.29, 1.82) is 0 Å². The van der Waals surface area contributed by atoms with E-state index in [1.165, 1.54) is 0 Å². The van der Waals surface area contributed by atoms with Crippen LogP contribution in [0.15, 0.2) is 48.5 Å². The van der Waals surface area contributed by atoms with Crippen molar-refractivity contribution in [3.05, 3.63) is 59.1 Å². The molecule has 0 unspecified atom stereocenters. The fraction of sp³-hybridized carbons (Fsp3) is 0.176. The summed E-state index contributed by atoms with van der Waals surface area (Å²) < 4.78 is 0. The number of amides is 2. The molecular formula is C17H18ClN3O2. The molecule has 120 valence electrons. The van der Waals surface area contributed by atoms with Gasteiger partial charge in [-0.05, 0) is 43.3 Å². The topological polar surface area (TPSA) is 70.2 Å². The second kappa shape index (κ2) is 8.19. The number of hydrogen-bond donors (Lipinski definition) is 3. The fourth-order valence-electron chi connectivity index (χ4n) is 1.99. The van der Waals surface area contributed by atoms with E-state index in [0.29, 0.717) is 22.8 Å². The Kier molecular flexibility index (Phi) is 6.00. The molecule has 0 heterocycles. The van der Waals surface area contributed by atoms with E-state index < -0.39 is 0 Å². The molecule has 6 heteroatoms.